The van der Waals surface area contributed by atoms with Crippen molar-refractivity contribution in [3.63, 3.8) is 0 Å². The number of carbonyl (C=O) groups is 2. The molecule has 1 saturated carbocycles. The lowest BCUT2D eigenvalue weighted by Gasteiger charge is -2.34. The first-order chi connectivity index (χ1) is 11.6. The molecule has 0 atom stereocenters. The molecule has 2 aliphatic rings. The summed E-state index contributed by atoms with van der Waals surface area (Å²) in [6.45, 7) is 5.02. The second-order valence-electron chi connectivity index (χ2n) is 6.86. The fraction of sp³-hybridized carbons (Fsp3) is 0.667. The zero-order valence-electron chi connectivity index (χ0n) is 14.4. The van der Waals surface area contributed by atoms with Crippen molar-refractivity contribution in [3.8, 4) is 0 Å². The van der Waals surface area contributed by atoms with Crippen LogP contribution < -0.4 is 5.32 Å². The van der Waals surface area contributed by atoms with E-state index in [0.717, 1.165) is 25.9 Å². The molecule has 1 N–H and O–H groups in total. The van der Waals surface area contributed by atoms with Gasteiger partial charge in [0.05, 0.1) is 18.4 Å². The van der Waals surface area contributed by atoms with Crippen LogP contribution in [0.4, 0.5) is 0 Å². The minimum absolute atomic E-state index is 0.0209. The first kappa shape index (κ1) is 17.0. The summed E-state index contributed by atoms with van der Waals surface area (Å²) in [6, 6.07) is 2.08. The number of hydrogen-bond donors (Lipinski definition) is 1. The van der Waals surface area contributed by atoms with Gasteiger partial charge in [-0.05, 0) is 25.8 Å². The number of piperazine rings is 1. The van der Waals surface area contributed by atoms with E-state index in [-0.39, 0.29) is 11.8 Å². The fourth-order valence-electron chi connectivity index (χ4n) is 3.61. The van der Waals surface area contributed by atoms with Crippen molar-refractivity contribution < 1.29 is 14.0 Å². The van der Waals surface area contributed by atoms with Gasteiger partial charge in [0.25, 0.3) is 5.91 Å². The number of aryl methyl sites for hydroxylation is 1. The number of nitrogens with one attached hydrogen (secondary N) is 1. The molecule has 6 nitrogen and oxygen atoms in total. The highest BCUT2D eigenvalue weighted by atomic mass is 16.3. The van der Waals surface area contributed by atoms with Gasteiger partial charge in [-0.2, -0.15) is 0 Å². The average molecular weight is 333 g/mol. The molecular formula is C18H27N3O3. The summed E-state index contributed by atoms with van der Waals surface area (Å²) in [4.78, 5) is 28.6. The number of hydrogen-bond acceptors (Lipinski definition) is 4. The molecule has 132 valence electrons. The first-order valence-electron chi connectivity index (χ1n) is 8.98. The number of nitrogens with zero attached hydrogens (tertiary/aromatic N) is 2. The maximum Gasteiger partial charge on any atom is 0.257 e. The van der Waals surface area contributed by atoms with Crippen LogP contribution in [-0.2, 0) is 4.79 Å². The van der Waals surface area contributed by atoms with Crippen molar-refractivity contribution >= 4 is 11.8 Å². The van der Waals surface area contributed by atoms with E-state index in [9.17, 15) is 9.59 Å². The van der Waals surface area contributed by atoms with E-state index < -0.39 is 0 Å². The van der Waals surface area contributed by atoms with Crippen molar-refractivity contribution in [3.05, 3.63) is 23.7 Å². The Morgan fingerprint density at radius 2 is 1.88 bits per heavy atom. The summed E-state index contributed by atoms with van der Waals surface area (Å²) >= 11 is 0. The van der Waals surface area contributed by atoms with Gasteiger partial charge >= 0.3 is 0 Å². The van der Waals surface area contributed by atoms with Crippen LogP contribution in [0.1, 0.15) is 48.2 Å². The molecule has 2 heterocycles. The highest BCUT2D eigenvalue weighted by Gasteiger charge is 2.25. The van der Waals surface area contributed by atoms with Crippen LogP contribution in [0.5, 0.6) is 0 Å². The van der Waals surface area contributed by atoms with E-state index in [4.69, 9.17) is 4.42 Å². The lowest BCUT2D eigenvalue weighted by Crippen LogP contribution is -2.52. The van der Waals surface area contributed by atoms with Gasteiger partial charge in [-0.25, -0.2) is 0 Å². The minimum atomic E-state index is 0.0209. The normalized spacial score (nSPS) is 20.1. The third kappa shape index (κ3) is 4.17. The highest BCUT2D eigenvalue weighted by Crippen LogP contribution is 2.17. The third-order valence-corrected chi connectivity index (χ3v) is 5.09. The van der Waals surface area contributed by atoms with Crippen LogP contribution in [0.15, 0.2) is 16.7 Å². The topological polar surface area (TPSA) is 65.8 Å². The first-order valence-corrected chi connectivity index (χ1v) is 8.98. The van der Waals surface area contributed by atoms with E-state index in [2.05, 4.69) is 10.2 Å². The van der Waals surface area contributed by atoms with E-state index in [1.807, 2.05) is 4.90 Å². The molecule has 2 amide bonds. The van der Waals surface area contributed by atoms with Gasteiger partial charge in [-0.3, -0.25) is 14.5 Å². The Kier molecular flexibility index (Phi) is 5.56. The average Bonchev–Trinajstić information content (AvgIpc) is 3.02. The summed E-state index contributed by atoms with van der Waals surface area (Å²) < 4.78 is 5.21. The van der Waals surface area contributed by atoms with Crippen molar-refractivity contribution in [2.75, 3.05) is 32.7 Å². The van der Waals surface area contributed by atoms with E-state index >= 15 is 0 Å². The predicted molar refractivity (Wildman–Crippen MR) is 90.8 cm³/mol. The van der Waals surface area contributed by atoms with Crippen LogP contribution in [-0.4, -0.2) is 60.4 Å². The molecule has 1 saturated heterocycles. The Balaban J connectivity index is 1.42. The molecule has 0 aromatic carbocycles. The van der Waals surface area contributed by atoms with Gasteiger partial charge in [0, 0.05) is 32.2 Å². The minimum Gasteiger partial charge on any atom is -0.469 e. The van der Waals surface area contributed by atoms with Gasteiger partial charge in [-0.15, -0.1) is 0 Å². The fourth-order valence-corrected chi connectivity index (χ4v) is 3.61. The van der Waals surface area contributed by atoms with Crippen molar-refractivity contribution in [2.24, 2.45) is 0 Å². The van der Waals surface area contributed by atoms with Gasteiger partial charge in [-0.1, -0.05) is 19.3 Å². The molecule has 0 spiro atoms. The predicted octanol–water partition coefficient (Wildman–Crippen LogP) is 1.79. The van der Waals surface area contributed by atoms with E-state index in [1.54, 1.807) is 19.3 Å². The number of carbonyl (C=O) groups excluding carboxylic acids is 2. The molecule has 6 heteroatoms. The third-order valence-electron chi connectivity index (χ3n) is 5.09. The maximum atomic E-state index is 12.4. The molecule has 1 aromatic heterocycles. The zero-order chi connectivity index (χ0) is 16.9. The second kappa shape index (κ2) is 7.83. The number of furan rings is 1. The van der Waals surface area contributed by atoms with E-state index in [1.165, 1.54) is 19.3 Å². The van der Waals surface area contributed by atoms with E-state index in [0.29, 0.717) is 37.0 Å². The molecule has 2 fully saturated rings. The Morgan fingerprint density at radius 3 is 2.50 bits per heavy atom. The van der Waals surface area contributed by atoms with Crippen molar-refractivity contribution in [2.45, 2.75) is 45.1 Å². The Bertz CT molecular complexity index is 570. The Hall–Kier alpha value is -1.82. The smallest absolute Gasteiger partial charge is 0.257 e. The summed E-state index contributed by atoms with van der Waals surface area (Å²) in [5.41, 5.74) is 0.637. The zero-order valence-corrected chi connectivity index (χ0v) is 14.4. The van der Waals surface area contributed by atoms with Crippen molar-refractivity contribution in [1.82, 2.24) is 15.1 Å². The van der Waals surface area contributed by atoms with Gasteiger partial charge in [0.1, 0.15) is 5.76 Å². The lowest BCUT2D eigenvalue weighted by molar-refractivity contribution is -0.123. The SMILES string of the molecule is Cc1occc1C(=O)N1CCN(CC(=O)NC2CCCCC2)CC1. The lowest BCUT2D eigenvalue weighted by atomic mass is 9.95. The van der Waals surface area contributed by atoms with Gasteiger partial charge < -0.3 is 14.6 Å². The molecule has 1 aliphatic carbocycles. The summed E-state index contributed by atoms with van der Waals surface area (Å²) in [5, 5.41) is 3.16. The summed E-state index contributed by atoms with van der Waals surface area (Å²) in [7, 11) is 0. The van der Waals surface area contributed by atoms with Crippen LogP contribution in [0.3, 0.4) is 0 Å². The van der Waals surface area contributed by atoms with Gasteiger partial charge in [0.15, 0.2) is 0 Å². The van der Waals surface area contributed by atoms with Crippen LogP contribution in [0, 0.1) is 6.92 Å². The second-order valence-corrected chi connectivity index (χ2v) is 6.86. The molecule has 1 aliphatic heterocycles. The van der Waals surface area contributed by atoms with Crippen LogP contribution >= 0.6 is 0 Å². The Labute approximate surface area is 143 Å². The largest absolute Gasteiger partial charge is 0.469 e. The molecular weight excluding hydrogens is 306 g/mol. The van der Waals surface area contributed by atoms with Gasteiger partial charge in [0.2, 0.25) is 5.91 Å². The monoisotopic (exact) mass is 333 g/mol. The molecule has 24 heavy (non-hydrogen) atoms. The van der Waals surface area contributed by atoms with Crippen LogP contribution in [0.25, 0.3) is 0 Å². The number of rotatable bonds is 4. The summed E-state index contributed by atoms with van der Waals surface area (Å²) in [6.07, 6.45) is 7.50. The quantitative estimate of drug-likeness (QED) is 0.912. The number of amides is 2. The molecule has 0 bridgehead atoms. The maximum absolute atomic E-state index is 12.4. The molecule has 0 radical (unpaired) electrons. The highest BCUT2D eigenvalue weighted by molar-refractivity contribution is 5.95. The molecule has 0 unspecified atom stereocenters. The standard InChI is InChI=1S/C18H27N3O3/c1-14-16(7-12-24-14)18(23)21-10-8-20(9-11-21)13-17(22)19-15-5-3-2-4-6-15/h7,12,15H,2-6,8-11,13H2,1H3,(H,19,22). The molecule has 1 aromatic rings. The summed E-state index contributed by atoms with van der Waals surface area (Å²) in [5.74, 6) is 0.800. The van der Waals surface area contributed by atoms with Crippen molar-refractivity contribution in [1.29, 1.82) is 0 Å². The molecule has 3 rings (SSSR count). The van der Waals surface area contributed by atoms with Crippen LogP contribution in [0.2, 0.25) is 0 Å². The Morgan fingerprint density at radius 1 is 1.17 bits per heavy atom.